The Morgan fingerprint density at radius 1 is 1.11 bits per heavy atom. The second-order valence-corrected chi connectivity index (χ2v) is 8.43. The number of anilines is 1. The number of likely N-dealkylation sites (N-methyl/N-ethyl adjacent to an activating group) is 1. The average Bonchev–Trinajstić information content (AvgIpc) is 3.13. The first-order valence-electron chi connectivity index (χ1n) is 10.6. The van der Waals surface area contributed by atoms with Crippen molar-refractivity contribution in [2.45, 2.75) is 32.2 Å². The summed E-state index contributed by atoms with van der Waals surface area (Å²) in [5.41, 5.74) is 1.21. The highest BCUT2D eigenvalue weighted by atomic mass is 127. The number of likely N-dealkylation sites (tertiary alicyclic amines) is 1. The van der Waals surface area contributed by atoms with E-state index < -0.39 is 0 Å². The monoisotopic (exact) mass is 498 g/mol. The summed E-state index contributed by atoms with van der Waals surface area (Å²) in [6.07, 6.45) is 7.63. The van der Waals surface area contributed by atoms with Crippen molar-refractivity contribution >= 4 is 35.8 Å². The number of hydrogen-bond acceptors (Lipinski definition) is 4. The van der Waals surface area contributed by atoms with E-state index in [4.69, 9.17) is 4.98 Å². The highest BCUT2D eigenvalue weighted by Crippen LogP contribution is 2.35. The van der Waals surface area contributed by atoms with Gasteiger partial charge in [0.15, 0.2) is 5.96 Å². The molecule has 4 rings (SSSR count). The minimum Gasteiger partial charge on any atom is -0.354 e. The van der Waals surface area contributed by atoms with E-state index >= 15 is 0 Å². The molecule has 3 fully saturated rings. The van der Waals surface area contributed by atoms with Crippen molar-refractivity contribution in [2.24, 2.45) is 16.8 Å². The predicted octanol–water partition coefficient (Wildman–Crippen LogP) is 2.65. The van der Waals surface area contributed by atoms with Gasteiger partial charge >= 0.3 is 0 Å². The molecule has 2 unspecified atom stereocenters. The lowest BCUT2D eigenvalue weighted by Gasteiger charge is -2.33. The Morgan fingerprint density at radius 2 is 1.79 bits per heavy atom. The Bertz CT molecular complexity index is 627. The summed E-state index contributed by atoms with van der Waals surface area (Å²) >= 11 is 0. The smallest absolute Gasteiger partial charge is 0.193 e. The van der Waals surface area contributed by atoms with Crippen LogP contribution in [0, 0.1) is 11.8 Å². The molecule has 0 aromatic carbocycles. The third-order valence-electron chi connectivity index (χ3n) is 6.57. The molecular weight excluding hydrogens is 463 g/mol. The zero-order chi connectivity index (χ0) is 18.6. The van der Waals surface area contributed by atoms with E-state index in [0.717, 1.165) is 56.3 Å². The highest BCUT2D eigenvalue weighted by Gasteiger charge is 2.35. The van der Waals surface area contributed by atoms with E-state index in [1.54, 1.807) is 0 Å². The highest BCUT2D eigenvalue weighted by molar-refractivity contribution is 14.0. The van der Waals surface area contributed by atoms with Crippen LogP contribution < -0.4 is 10.2 Å². The van der Waals surface area contributed by atoms with E-state index in [-0.39, 0.29) is 24.0 Å². The maximum absolute atomic E-state index is 4.70. The summed E-state index contributed by atoms with van der Waals surface area (Å²) in [6, 6.07) is 4.36. The van der Waals surface area contributed by atoms with E-state index in [1.807, 2.05) is 13.2 Å². The Morgan fingerprint density at radius 3 is 2.36 bits per heavy atom. The van der Waals surface area contributed by atoms with Gasteiger partial charge in [-0.05, 0) is 43.4 Å². The van der Waals surface area contributed by atoms with Crippen molar-refractivity contribution in [1.29, 1.82) is 0 Å². The summed E-state index contributed by atoms with van der Waals surface area (Å²) < 4.78 is 0. The molecule has 3 heterocycles. The second-order valence-electron chi connectivity index (χ2n) is 8.43. The lowest BCUT2D eigenvalue weighted by Crippen LogP contribution is -2.44. The van der Waals surface area contributed by atoms with Crippen LogP contribution in [-0.4, -0.2) is 74.1 Å². The Labute approximate surface area is 186 Å². The van der Waals surface area contributed by atoms with Crippen molar-refractivity contribution in [3.8, 4) is 0 Å². The lowest BCUT2D eigenvalue weighted by molar-refractivity contribution is 0.299. The van der Waals surface area contributed by atoms with Gasteiger partial charge in [0.2, 0.25) is 0 Å². The molecule has 2 atom stereocenters. The number of fused-ring (bicyclic) bond motifs is 1. The normalized spacial score (nSPS) is 26.0. The van der Waals surface area contributed by atoms with Crippen LogP contribution in [0.5, 0.6) is 0 Å². The SMILES string of the molecule is CN=C(NCc1ccc(N2CCN(C)CC2)nc1)N1CC2CCCCC2C1.I. The summed E-state index contributed by atoms with van der Waals surface area (Å²) in [6.45, 7) is 7.47. The number of aliphatic imine (C=N–C) groups is 1. The van der Waals surface area contributed by atoms with Crippen molar-refractivity contribution < 1.29 is 0 Å². The van der Waals surface area contributed by atoms with Crippen molar-refractivity contribution in [2.75, 3.05) is 58.3 Å². The van der Waals surface area contributed by atoms with E-state index in [2.05, 4.69) is 44.2 Å². The Kier molecular flexibility index (Phi) is 7.79. The molecule has 1 N–H and O–H groups in total. The first-order chi connectivity index (χ1) is 13.2. The quantitative estimate of drug-likeness (QED) is 0.395. The summed E-state index contributed by atoms with van der Waals surface area (Å²) in [4.78, 5) is 16.5. The van der Waals surface area contributed by atoms with E-state index in [1.165, 1.54) is 44.3 Å². The number of pyridine rings is 1. The molecule has 0 spiro atoms. The minimum absolute atomic E-state index is 0. The number of aromatic nitrogens is 1. The first-order valence-corrected chi connectivity index (χ1v) is 10.6. The standard InChI is InChI=1S/C21H34N6.HI/c1-22-21(27-15-18-5-3-4-6-19(18)16-27)24-14-17-7-8-20(23-13-17)26-11-9-25(2)10-12-26;/h7-8,13,18-19H,3-6,9-12,14-16H2,1-2H3,(H,22,24);1H. The molecule has 2 saturated heterocycles. The molecule has 0 bridgehead atoms. The first kappa shape index (κ1) is 21.6. The number of guanidine groups is 1. The van der Waals surface area contributed by atoms with Gasteiger partial charge in [0, 0.05) is 59.1 Å². The fourth-order valence-corrected chi connectivity index (χ4v) is 4.84. The number of hydrogen-bond donors (Lipinski definition) is 1. The number of nitrogens with one attached hydrogen (secondary N) is 1. The third-order valence-corrected chi connectivity index (χ3v) is 6.57. The molecule has 1 aliphatic carbocycles. The molecule has 1 aromatic heterocycles. The molecule has 1 saturated carbocycles. The molecule has 6 nitrogen and oxygen atoms in total. The molecule has 1 aromatic rings. The van der Waals surface area contributed by atoms with Crippen LogP contribution in [0.3, 0.4) is 0 Å². The van der Waals surface area contributed by atoms with Crippen LogP contribution in [-0.2, 0) is 6.54 Å². The summed E-state index contributed by atoms with van der Waals surface area (Å²) in [5.74, 6) is 3.90. The van der Waals surface area contributed by atoms with Crippen molar-refractivity contribution in [1.82, 2.24) is 20.1 Å². The van der Waals surface area contributed by atoms with Gasteiger partial charge in [-0.25, -0.2) is 4.98 Å². The van der Waals surface area contributed by atoms with Crippen LogP contribution in [0.15, 0.2) is 23.3 Å². The van der Waals surface area contributed by atoms with Gasteiger partial charge in [0.05, 0.1) is 0 Å². The zero-order valence-corrected chi connectivity index (χ0v) is 19.6. The van der Waals surface area contributed by atoms with E-state index in [9.17, 15) is 0 Å². The largest absolute Gasteiger partial charge is 0.354 e. The number of halogens is 1. The van der Waals surface area contributed by atoms with Crippen molar-refractivity contribution in [3.63, 3.8) is 0 Å². The fourth-order valence-electron chi connectivity index (χ4n) is 4.84. The Balaban J connectivity index is 0.00000225. The predicted molar refractivity (Wildman–Crippen MR) is 127 cm³/mol. The van der Waals surface area contributed by atoms with Crippen LogP contribution in [0.25, 0.3) is 0 Å². The van der Waals surface area contributed by atoms with Crippen LogP contribution >= 0.6 is 24.0 Å². The number of rotatable bonds is 3. The maximum atomic E-state index is 4.70. The number of piperazine rings is 1. The van der Waals surface area contributed by atoms with Gasteiger partial charge in [-0.15, -0.1) is 24.0 Å². The van der Waals surface area contributed by atoms with Gasteiger partial charge in [0.25, 0.3) is 0 Å². The third kappa shape index (κ3) is 5.09. The molecular formula is C21H35IN6. The van der Waals surface area contributed by atoms with Crippen LogP contribution in [0.4, 0.5) is 5.82 Å². The second kappa shape index (κ2) is 10.1. The van der Waals surface area contributed by atoms with Gasteiger partial charge in [-0.3, -0.25) is 4.99 Å². The van der Waals surface area contributed by atoms with Gasteiger partial charge < -0.3 is 20.0 Å². The lowest BCUT2D eigenvalue weighted by atomic mass is 9.82. The topological polar surface area (TPSA) is 47.0 Å². The molecule has 2 aliphatic heterocycles. The molecule has 0 radical (unpaired) electrons. The molecule has 3 aliphatic rings. The van der Waals surface area contributed by atoms with E-state index in [0.29, 0.717) is 0 Å². The van der Waals surface area contributed by atoms with Gasteiger partial charge in [-0.1, -0.05) is 18.9 Å². The fraction of sp³-hybridized carbons (Fsp3) is 0.714. The van der Waals surface area contributed by atoms with Gasteiger partial charge in [-0.2, -0.15) is 0 Å². The van der Waals surface area contributed by atoms with Crippen LogP contribution in [0.2, 0.25) is 0 Å². The average molecular weight is 498 g/mol. The molecule has 28 heavy (non-hydrogen) atoms. The number of nitrogens with zero attached hydrogens (tertiary/aromatic N) is 5. The van der Waals surface area contributed by atoms with Crippen LogP contribution in [0.1, 0.15) is 31.2 Å². The zero-order valence-electron chi connectivity index (χ0n) is 17.3. The van der Waals surface area contributed by atoms with Gasteiger partial charge in [0.1, 0.15) is 5.82 Å². The summed E-state index contributed by atoms with van der Waals surface area (Å²) in [7, 11) is 4.08. The molecule has 156 valence electrons. The van der Waals surface area contributed by atoms with Crippen molar-refractivity contribution in [3.05, 3.63) is 23.9 Å². The summed E-state index contributed by atoms with van der Waals surface area (Å²) in [5, 5.41) is 3.56. The maximum Gasteiger partial charge on any atom is 0.193 e. The minimum atomic E-state index is 0. The Hall–Kier alpha value is -1.09. The molecule has 0 amide bonds. The molecule has 7 heteroatoms.